The molecule has 0 bridgehead atoms. The highest BCUT2D eigenvalue weighted by atomic mass is 16.5. The number of rotatable bonds is 7. The van der Waals surface area contributed by atoms with Crippen molar-refractivity contribution >= 4 is 17.5 Å². The molecule has 210 valence electrons. The third-order valence-electron chi connectivity index (χ3n) is 7.10. The molecule has 3 aromatic carbocycles. The number of ether oxygens (including phenoxy) is 1. The van der Waals surface area contributed by atoms with Crippen LogP contribution in [0.5, 0.6) is 17.4 Å². The second kappa shape index (κ2) is 12.0. The average Bonchev–Trinajstić information content (AvgIpc) is 2.99. The maximum atomic E-state index is 13.4. The lowest BCUT2D eigenvalue weighted by molar-refractivity contribution is -0.133. The summed E-state index contributed by atoms with van der Waals surface area (Å²) in [5, 5.41) is 31.2. The van der Waals surface area contributed by atoms with Crippen molar-refractivity contribution in [2.45, 2.75) is 39.3 Å². The quantitative estimate of drug-likeness (QED) is 0.295. The number of hydrogen-bond donors (Lipinski definition) is 3. The monoisotopic (exact) mass is 559 g/mol. The van der Waals surface area contributed by atoms with Crippen LogP contribution in [0.4, 0.5) is 11.6 Å². The Labute approximate surface area is 243 Å². The zero-order valence-corrected chi connectivity index (χ0v) is 23.3. The maximum Gasteiger partial charge on any atom is 0.240 e. The second-order valence-corrected chi connectivity index (χ2v) is 10.2. The predicted molar refractivity (Wildman–Crippen MR) is 156 cm³/mol. The predicted octanol–water partition coefficient (Wildman–Crippen LogP) is 4.53. The zero-order valence-electron chi connectivity index (χ0n) is 23.3. The van der Waals surface area contributed by atoms with Gasteiger partial charge in [-0.15, -0.1) is 0 Å². The van der Waals surface area contributed by atoms with Crippen molar-refractivity contribution in [3.05, 3.63) is 99.7 Å². The Bertz CT molecular complexity index is 1700. The number of nitrogens with two attached hydrogens (primary N) is 1. The zero-order chi connectivity index (χ0) is 29.8. The highest BCUT2D eigenvalue weighted by Crippen LogP contribution is 2.35. The molecule has 4 N–H and O–H groups in total. The minimum Gasteiger partial charge on any atom is -0.508 e. The molecule has 2 heterocycles. The average molecular weight is 560 g/mol. The summed E-state index contributed by atoms with van der Waals surface area (Å²) in [6, 6.07) is 20.6. The van der Waals surface area contributed by atoms with Crippen molar-refractivity contribution in [3.8, 4) is 29.5 Å². The molecule has 1 atom stereocenters. The van der Waals surface area contributed by atoms with E-state index in [9.17, 15) is 15.2 Å². The first-order valence-electron chi connectivity index (χ1n) is 13.4. The van der Waals surface area contributed by atoms with Crippen LogP contribution in [0.1, 0.15) is 39.1 Å². The lowest BCUT2D eigenvalue weighted by Gasteiger charge is -2.31. The van der Waals surface area contributed by atoms with E-state index >= 15 is 0 Å². The molecule has 42 heavy (non-hydrogen) atoms. The molecule has 4 aromatic rings. The standard InChI is InChI=1S/C32H29N7O3/c1-19-13-23(17-34)14-20(2)29(19)42-30-26-18-39(31(41)27(35)15-21-5-9-25(40)10-6-21)12-11-28(26)37-32(38-30)36-24-7-3-22(16-33)4-8-24/h3-10,13-14,27,40H,11-12,15,18,35H2,1-2H3,(H,36,37,38)/t27-/m0/s1. The summed E-state index contributed by atoms with van der Waals surface area (Å²) in [6.07, 6.45) is 0.804. The number of anilines is 2. The number of nitrogens with one attached hydrogen (secondary N) is 1. The van der Waals surface area contributed by atoms with Gasteiger partial charge >= 0.3 is 0 Å². The van der Waals surface area contributed by atoms with Crippen LogP contribution in [0, 0.1) is 36.5 Å². The molecule has 0 saturated carbocycles. The normalized spacial score (nSPS) is 12.9. The first-order valence-corrected chi connectivity index (χ1v) is 13.4. The maximum absolute atomic E-state index is 13.4. The van der Waals surface area contributed by atoms with E-state index in [2.05, 4.69) is 17.5 Å². The molecular weight excluding hydrogens is 530 g/mol. The number of carbonyl (C=O) groups is 1. The number of amides is 1. The van der Waals surface area contributed by atoms with Crippen LogP contribution in [0.25, 0.3) is 0 Å². The van der Waals surface area contributed by atoms with Gasteiger partial charge in [-0.05, 0) is 85.5 Å². The Morgan fingerprint density at radius 2 is 1.71 bits per heavy atom. The molecule has 0 unspecified atom stereocenters. The van der Waals surface area contributed by atoms with Gasteiger partial charge in [0.15, 0.2) is 0 Å². The number of phenols is 1. The summed E-state index contributed by atoms with van der Waals surface area (Å²) < 4.78 is 6.41. The molecule has 1 aromatic heterocycles. The summed E-state index contributed by atoms with van der Waals surface area (Å²) in [7, 11) is 0. The highest BCUT2D eigenvalue weighted by molar-refractivity contribution is 5.82. The Kier molecular flexibility index (Phi) is 8.00. The van der Waals surface area contributed by atoms with E-state index < -0.39 is 6.04 Å². The molecule has 1 amide bonds. The Balaban J connectivity index is 1.45. The molecule has 1 aliphatic heterocycles. The fourth-order valence-electron chi connectivity index (χ4n) is 4.95. The summed E-state index contributed by atoms with van der Waals surface area (Å²) >= 11 is 0. The van der Waals surface area contributed by atoms with Crippen LogP contribution in [0.3, 0.4) is 0 Å². The number of aromatic hydroxyl groups is 1. The number of aromatic nitrogens is 2. The van der Waals surface area contributed by atoms with E-state index in [0.29, 0.717) is 59.3 Å². The van der Waals surface area contributed by atoms with E-state index in [-0.39, 0.29) is 18.2 Å². The number of carbonyl (C=O) groups excluding carboxylic acids is 1. The summed E-state index contributed by atoms with van der Waals surface area (Å²) in [4.78, 5) is 24.5. The molecule has 0 aliphatic carbocycles. The fraction of sp³-hybridized carbons (Fsp3) is 0.219. The summed E-state index contributed by atoms with van der Waals surface area (Å²) in [5.74, 6) is 1.15. The molecule has 5 rings (SSSR count). The van der Waals surface area contributed by atoms with Gasteiger partial charge in [-0.2, -0.15) is 15.5 Å². The largest absolute Gasteiger partial charge is 0.508 e. The van der Waals surface area contributed by atoms with Gasteiger partial charge in [0.25, 0.3) is 0 Å². The molecule has 0 fully saturated rings. The first-order chi connectivity index (χ1) is 20.2. The van der Waals surface area contributed by atoms with Gasteiger partial charge in [0, 0.05) is 18.7 Å². The topological polar surface area (TPSA) is 161 Å². The van der Waals surface area contributed by atoms with Gasteiger partial charge in [0.05, 0.1) is 47.1 Å². The summed E-state index contributed by atoms with van der Waals surface area (Å²) in [5.41, 5.74) is 11.9. The minimum absolute atomic E-state index is 0.152. The Morgan fingerprint density at radius 3 is 2.36 bits per heavy atom. The first kappa shape index (κ1) is 28.1. The van der Waals surface area contributed by atoms with Crippen molar-refractivity contribution in [1.82, 2.24) is 14.9 Å². The number of nitrogens with zero attached hydrogens (tertiary/aromatic N) is 5. The highest BCUT2D eigenvalue weighted by Gasteiger charge is 2.30. The minimum atomic E-state index is -0.762. The van der Waals surface area contributed by atoms with Crippen LogP contribution in [-0.2, 0) is 24.2 Å². The van der Waals surface area contributed by atoms with Gasteiger partial charge in [0.1, 0.15) is 11.5 Å². The molecule has 10 nitrogen and oxygen atoms in total. The number of benzene rings is 3. The van der Waals surface area contributed by atoms with Gasteiger partial charge < -0.3 is 25.8 Å². The molecular formula is C32H29N7O3. The lowest BCUT2D eigenvalue weighted by atomic mass is 10.0. The van der Waals surface area contributed by atoms with E-state index in [1.807, 2.05) is 13.8 Å². The smallest absolute Gasteiger partial charge is 0.240 e. The van der Waals surface area contributed by atoms with Crippen LogP contribution in [-0.4, -0.2) is 38.5 Å². The van der Waals surface area contributed by atoms with Gasteiger partial charge in [-0.25, -0.2) is 4.98 Å². The fourth-order valence-corrected chi connectivity index (χ4v) is 4.95. The molecule has 1 aliphatic rings. The van der Waals surface area contributed by atoms with E-state index in [4.69, 9.17) is 25.7 Å². The molecule has 0 spiro atoms. The van der Waals surface area contributed by atoms with E-state index in [0.717, 1.165) is 22.4 Å². The molecule has 10 heteroatoms. The van der Waals surface area contributed by atoms with Gasteiger partial charge in [-0.1, -0.05) is 12.1 Å². The van der Waals surface area contributed by atoms with E-state index in [1.54, 1.807) is 65.6 Å². The number of nitriles is 2. The van der Waals surface area contributed by atoms with Crippen molar-refractivity contribution in [1.29, 1.82) is 10.5 Å². The lowest BCUT2D eigenvalue weighted by Crippen LogP contribution is -2.47. The van der Waals surface area contributed by atoms with Crippen molar-refractivity contribution in [2.24, 2.45) is 5.73 Å². The number of fused-ring (bicyclic) bond motifs is 1. The molecule has 0 radical (unpaired) electrons. The van der Waals surface area contributed by atoms with Crippen LogP contribution >= 0.6 is 0 Å². The third-order valence-corrected chi connectivity index (χ3v) is 7.10. The Hall–Kier alpha value is -5.45. The SMILES string of the molecule is Cc1cc(C#N)cc(C)c1Oc1nc(Nc2ccc(C#N)cc2)nc2c1CN(C(=O)[C@@H](N)Cc1ccc(O)cc1)CC2. The van der Waals surface area contributed by atoms with Gasteiger partial charge in [0.2, 0.25) is 17.7 Å². The summed E-state index contributed by atoms with van der Waals surface area (Å²) in [6.45, 7) is 4.38. The number of aryl methyl sites for hydroxylation is 2. The molecule has 0 saturated heterocycles. The second-order valence-electron chi connectivity index (χ2n) is 10.2. The number of phenolic OH excluding ortho intramolecular Hbond substituents is 1. The van der Waals surface area contributed by atoms with Crippen LogP contribution < -0.4 is 15.8 Å². The third kappa shape index (κ3) is 6.15. The van der Waals surface area contributed by atoms with Gasteiger partial charge in [-0.3, -0.25) is 4.79 Å². The Morgan fingerprint density at radius 1 is 1.05 bits per heavy atom. The van der Waals surface area contributed by atoms with Crippen LogP contribution in [0.2, 0.25) is 0 Å². The van der Waals surface area contributed by atoms with Crippen LogP contribution in [0.15, 0.2) is 60.7 Å². The number of hydrogen-bond acceptors (Lipinski definition) is 9. The van der Waals surface area contributed by atoms with Crippen molar-refractivity contribution in [2.75, 3.05) is 11.9 Å². The van der Waals surface area contributed by atoms with E-state index in [1.165, 1.54) is 0 Å². The van der Waals surface area contributed by atoms with Crippen molar-refractivity contribution in [3.63, 3.8) is 0 Å². The van der Waals surface area contributed by atoms with Crippen molar-refractivity contribution < 1.29 is 14.6 Å².